The number of ether oxygens (including phenoxy) is 2. The second kappa shape index (κ2) is 13.3. The first kappa shape index (κ1) is 29.6. The van der Waals surface area contributed by atoms with Crippen LogP contribution in [0.2, 0.25) is 5.02 Å². The molecule has 1 amide bonds. The molecule has 0 atom stereocenters. The number of amides is 1. The van der Waals surface area contributed by atoms with Gasteiger partial charge in [0.2, 0.25) is 10.0 Å². The van der Waals surface area contributed by atoms with Gasteiger partial charge in [0, 0.05) is 16.1 Å². The fourth-order valence-electron chi connectivity index (χ4n) is 4.01. The maximum atomic E-state index is 12.7. The first-order chi connectivity index (χ1) is 19.7. The van der Waals surface area contributed by atoms with E-state index in [1.807, 2.05) is 49.4 Å². The van der Waals surface area contributed by atoms with E-state index in [1.54, 1.807) is 48.5 Å². The second-order valence-electron chi connectivity index (χ2n) is 9.23. The molecular formula is C31H30ClN3O5S. The van der Waals surface area contributed by atoms with E-state index in [9.17, 15) is 13.2 Å². The molecule has 0 unspecified atom stereocenters. The Labute approximate surface area is 245 Å². The molecule has 0 aliphatic carbocycles. The standard InChI is InChI=1S/C31H30ClN3O5S/c1-22-8-4-5-9-25(22)20-35(41(3,37)38)27-15-13-24(14-16-27)31(36)34-33-19-23-12-17-29(30(18-23)39-2)40-21-26-10-6-7-11-28(26)32/h4-19H,20-21H2,1-3H3,(H,34,36)/b33-19-. The van der Waals surface area contributed by atoms with Crippen molar-refractivity contribution < 1.29 is 22.7 Å². The van der Waals surface area contributed by atoms with Gasteiger partial charge in [0.1, 0.15) is 6.61 Å². The van der Waals surface area contributed by atoms with Gasteiger partial charge in [0.15, 0.2) is 11.5 Å². The van der Waals surface area contributed by atoms with E-state index in [2.05, 4.69) is 10.5 Å². The van der Waals surface area contributed by atoms with Gasteiger partial charge in [0.05, 0.1) is 31.8 Å². The van der Waals surface area contributed by atoms with Crippen molar-refractivity contribution in [3.05, 3.63) is 124 Å². The average molecular weight is 592 g/mol. The Bertz CT molecular complexity index is 1660. The molecule has 212 valence electrons. The quantitative estimate of drug-likeness (QED) is 0.171. The van der Waals surface area contributed by atoms with Crippen LogP contribution in [0.1, 0.15) is 32.6 Å². The van der Waals surface area contributed by atoms with Crippen LogP contribution in [0, 0.1) is 6.92 Å². The summed E-state index contributed by atoms with van der Waals surface area (Å²) >= 11 is 6.20. The molecule has 4 aromatic rings. The highest BCUT2D eigenvalue weighted by molar-refractivity contribution is 7.92. The van der Waals surface area contributed by atoms with Crippen LogP contribution in [0.25, 0.3) is 0 Å². The minimum absolute atomic E-state index is 0.189. The maximum absolute atomic E-state index is 12.7. The molecule has 0 saturated carbocycles. The minimum atomic E-state index is -3.56. The van der Waals surface area contributed by atoms with Gasteiger partial charge < -0.3 is 9.47 Å². The zero-order valence-corrected chi connectivity index (χ0v) is 24.4. The van der Waals surface area contributed by atoms with Crippen molar-refractivity contribution in [2.45, 2.75) is 20.1 Å². The van der Waals surface area contributed by atoms with Crippen molar-refractivity contribution >= 4 is 39.4 Å². The summed E-state index contributed by atoms with van der Waals surface area (Å²) in [5, 5.41) is 4.67. The summed E-state index contributed by atoms with van der Waals surface area (Å²) < 4.78 is 37.7. The number of rotatable bonds is 11. The first-order valence-electron chi connectivity index (χ1n) is 12.7. The third-order valence-corrected chi connectivity index (χ3v) is 7.81. The monoisotopic (exact) mass is 591 g/mol. The van der Waals surface area contributed by atoms with Gasteiger partial charge in [-0.15, -0.1) is 0 Å². The van der Waals surface area contributed by atoms with Gasteiger partial charge in [-0.25, -0.2) is 13.8 Å². The lowest BCUT2D eigenvalue weighted by Gasteiger charge is -2.23. The van der Waals surface area contributed by atoms with Gasteiger partial charge in [-0.3, -0.25) is 9.10 Å². The van der Waals surface area contributed by atoms with Gasteiger partial charge in [-0.05, 0) is 72.1 Å². The van der Waals surface area contributed by atoms with E-state index in [1.165, 1.54) is 17.6 Å². The molecule has 0 bridgehead atoms. The van der Waals surface area contributed by atoms with E-state index in [4.69, 9.17) is 21.1 Å². The Morgan fingerprint density at radius 1 is 0.951 bits per heavy atom. The molecule has 1 N–H and O–H groups in total. The third-order valence-electron chi connectivity index (χ3n) is 6.30. The Kier molecular flexibility index (Phi) is 9.65. The molecule has 4 aromatic carbocycles. The van der Waals surface area contributed by atoms with Crippen molar-refractivity contribution in [1.29, 1.82) is 0 Å². The molecule has 0 aromatic heterocycles. The van der Waals surface area contributed by atoms with Gasteiger partial charge in [-0.2, -0.15) is 5.10 Å². The molecule has 0 aliphatic heterocycles. The van der Waals surface area contributed by atoms with E-state index < -0.39 is 15.9 Å². The number of hydrazone groups is 1. The van der Waals surface area contributed by atoms with Gasteiger partial charge >= 0.3 is 0 Å². The summed E-state index contributed by atoms with van der Waals surface area (Å²) in [5.41, 5.74) is 6.70. The lowest BCUT2D eigenvalue weighted by Crippen LogP contribution is -2.29. The molecule has 41 heavy (non-hydrogen) atoms. The summed E-state index contributed by atoms with van der Waals surface area (Å²) in [6, 6.07) is 26.6. The summed E-state index contributed by atoms with van der Waals surface area (Å²) in [6.45, 7) is 2.41. The minimum Gasteiger partial charge on any atom is -0.493 e. The zero-order chi connectivity index (χ0) is 29.4. The number of hydrogen-bond acceptors (Lipinski definition) is 6. The lowest BCUT2D eigenvalue weighted by atomic mass is 10.1. The number of methoxy groups -OCH3 is 1. The molecule has 0 saturated heterocycles. The number of sulfonamides is 1. The molecule has 0 fully saturated rings. The molecular weight excluding hydrogens is 562 g/mol. The van der Waals surface area contributed by atoms with Crippen molar-refractivity contribution in [1.82, 2.24) is 5.43 Å². The van der Waals surface area contributed by atoms with Crippen LogP contribution >= 0.6 is 11.6 Å². The highest BCUT2D eigenvalue weighted by Gasteiger charge is 2.19. The predicted molar refractivity (Wildman–Crippen MR) is 162 cm³/mol. The van der Waals surface area contributed by atoms with Crippen LogP contribution in [0.3, 0.4) is 0 Å². The van der Waals surface area contributed by atoms with Crippen LogP contribution in [0.5, 0.6) is 11.5 Å². The van der Waals surface area contributed by atoms with Crippen LogP contribution in [0.4, 0.5) is 5.69 Å². The Morgan fingerprint density at radius 3 is 2.29 bits per heavy atom. The summed E-state index contributed by atoms with van der Waals surface area (Å²) in [7, 11) is -2.02. The molecule has 0 spiro atoms. The number of anilines is 1. The van der Waals surface area contributed by atoms with Crippen LogP contribution < -0.4 is 19.2 Å². The molecule has 8 nitrogen and oxygen atoms in total. The van der Waals surface area contributed by atoms with Gasteiger partial charge in [-0.1, -0.05) is 54.1 Å². The van der Waals surface area contributed by atoms with Gasteiger partial charge in [0.25, 0.3) is 5.91 Å². The second-order valence-corrected chi connectivity index (χ2v) is 11.5. The summed E-state index contributed by atoms with van der Waals surface area (Å²) in [5.74, 6) is 0.604. The SMILES string of the molecule is COc1cc(/C=N\NC(=O)c2ccc(N(Cc3ccccc3C)S(C)(=O)=O)cc2)ccc1OCc1ccccc1Cl. The number of benzene rings is 4. The summed E-state index contributed by atoms with van der Waals surface area (Å²) in [4.78, 5) is 12.7. The molecule has 0 heterocycles. The van der Waals surface area contributed by atoms with E-state index in [0.717, 1.165) is 22.9 Å². The van der Waals surface area contributed by atoms with Crippen LogP contribution in [0.15, 0.2) is 96.1 Å². The van der Waals surface area contributed by atoms with Crippen molar-refractivity contribution in [2.75, 3.05) is 17.7 Å². The van der Waals surface area contributed by atoms with Crippen molar-refractivity contribution in [3.8, 4) is 11.5 Å². The van der Waals surface area contributed by atoms with E-state index in [0.29, 0.717) is 33.3 Å². The number of nitrogens with one attached hydrogen (secondary N) is 1. The smallest absolute Gasteiger partial charge is 0.271 e. The largest absolute Gasteiger partial charge is 0.493 e. The fraction of sp³-hybridized carbons (Fsp3) is 0.161. The molecule has 10 heteroatoms. The normalized spacial score (nSPS) is 11.3. The van der Waals surface area contributed by atoms with E-state index >= 15 is 0 Å². The number of carbonyl (C=O) groups excluding carboxylic acids is 1. The maximum Gasteiger partial charge on any atom is 0.271 e. The third kappa shape index (κ3) is 7.87. The van der Waals surface area contributed by atoms with Crippen molar-refractivity contribution in [3.63, 3.8) is 0 Å². The lowest BCUT2D eigenvalue weighted by molar-refractivity contribution is 0.0955. The van der Waals surface area contributed by atoms with Crippen molar-refractivity contribution in [2.24, 2.45) is 5.10 Å². The molecule has 0 aliphatic rings. The van der Waals surface area contributed by atoms with E-state index in [-0.39, 0.29) is 13.2 Å². The van der Waals surface area contributed by atoms with Crippen LogP contribution in [-0.2, 0) is 23.2 Å². The topological polar surface area (TPSA) is 97.3 Å². The highest BCUT2D eigenvalue weighted by atomic mass is 35.5. The first-order valence-corrected chi connectivity index (χ1v) is 14.9. The zero-order valence-electron chi connectivity index (χ0n) is 22.9. The number of halogens is 1. The molecule has 4 rings (SSSR count). The van der Waals surface area contributed by atoms with Crippen LogP contribution in [-0.4, -0.2) is 33.9 Å². The number of carbonyl (C=O) groups is 1. The number of nitrogens with zero attached hydrogens (tertiary/aromatic N) is 2. The highest BCUT2D eigenvalue weighted by Crippen LogP contribution is 2.29. The number of aryl methyl sites for hydroxylation is 1. The molecule has 0 radical (unpaired) electrons. The predicted octanol–water partition coefficient (Wildman–Crippen LogP) is 5.97. The Morgan fingerprint density at radius 2 is 1.63 bits per heavy atom. The summed E-state index contributed by atoms with van der Waals surface area (Å²) in [6.07, 6.45) is 2.65. The number of hydrogen-bond donors (Lipinski definition) is 1. The average Bonchev–Trinajstić information content (AvgIpc) is 2.96. The fourth-order valence-corrected chi connectivity index (χ4v) is 5.07. The Balaban J connectivity index is 1.39. The Hall–Kier alpha value is -4.34.